The van der Waals surface area contributed by atoms with Crippen LogP contribution in [0.3, 0.4) is 0 Å². The minimum absolute atomic E-state index is 0.0235. The Bertz CT molecular complexity index is 521. The van der Waals surface area contributed by atoms with Crippen molar-refractivity contribution in [3.8, 4) is 5.75 Å². The highest BCUT2D eigenvalue weighted by molar-refractivity contribution is 9.10. The van der Waals surface area contributed by atoms with Gasteiger partial charge in [-0.1, -0.05) is 22.4 Å². The van der Waals surface area contributed by atoms with Gasteiger partial charge in [0.2, 0.25) is 0 Å². The topological polar surface area (TPSA) is 52.6 Å². The normalized spacial score (nSPS) is 26.2. The van der Waals surface area contributed by atoms with E-state index in [9.17, 15) is 9.90 Å². The first kappa shape index (κ1) is 13.9. The first-order valence-electron chi connectivity index (χ1n) is 7.18. The second-order valence-corrected chi connectivity index (χ2v) is 6.54. The van der Waals surface area contributed by atoms with Crippen molar-refractivity contribution < 1.29 is 9.90 Å². The Morgan fingerprint density at radius 2 is 2.15 bits per heavy atom. The number of benzene rings is 1. The number of phenols is 1. The van der Waals surface area contributed by atoms with Crippen LogP contribution >= 0.6 is 15.9 Å². The molecule has 2 aliphatic heterocycles. The van der Waals surface area contributed by atoms with Crippen LogP contribution in [-0.4, -0.2) is 41.1 Å². The fourth-order valence-corrected chi connectivity index (χ4v) is 3.71. The summed E-state index contributed by atoms with van der Waals surface area (Å²) in [5.74, 6) is -0.150. The van der Waals surface area contributed by atoms with Crippen LogP contribution in [0.1, 0.15) is 36.0 Å². The number of aromatic hydroxyl groups is 1. The van der Waals surface area contributed by atoms with Gasteiger partial charge < -0.3 is 10.4 Å². The average Bonchev–Trinajstić information content (AvgIpc) is 2.82. The number of hydrogen-bond donors (Lipinski definition) is 2. The van der Waals surface area contributed by atoms with Gasteiger partial charge in [-0.05, 0) is 44.0 Å². The first-order chi connectivity index (χ1) is 9.65. The van der Waals surface area contributed by atoms with Crippen LogP contribution in [0, 0.1) is 0 Å². The number of phenolic OH excluding ortho intramolecular Hbond substituents is 1. The van der Waals surface area contributed by atoms with E-state index in [4.69, 9.17) is 0 Å². The van der Waals surface area contributed by atoms with Gasteiger partial charge >= 0.3 is 0 Å². The lowest BCUT2D eigenvalue weighted by Gasteiger charge is -2.32. The molecule has 2 atom stereocenters. The minimum atomic E-state index is -0.174. The zero-order valence-corrected chi connectivity index (χ0v) is 12.9. The van der Waals surface area contributed by atoms with Gasteiger partial charge in [0.1, 0.15) is 5.75 Å². The fraction of sp³-hybridized carbons (Fsp3) is 0.533. The van der Waals surface area contributed by atoms with Crippen molar-refractivity contribution in [1.82, 2.24) is 10.2 Å². The predicted octanol–water partition coefficient (Wildman–Crippen LogP) is 2.51. The van der Waals surface area contributed by atoms with E-state index in [1.54, 1.807) is 18.2 Å². The molecule has 0 spiro atoms. The minimum Gasteiger partial charge on any atom is -0.507 e. The van der Waals surface area contributed by atoms with Crippen LogP contribution in [0.5, 0.6) is 5.75 Å². The Labute approximate surface area is 127 Å². The highest BCUT2D eigenvalue weighted by atomic mass is 79.9. The highest BCUT2D eigenvalue weighted by Crippen LogP contribution is 2.28. The van der Waals surface area contributed by atoms with Crippen molar-refractivity contribution in [2.75, 3.05) is 13.1 Å². The lowest BCUT2D eigenvalue weighted by atomic mass is 9.98. The van der Waals surface area contributed by atoms with Crippen molar-refractivity contribution in [2.45, 2.75) is 37.8 Å². The molecule has 0 bridgehead atoms. The highest BCUT2D eigenvalue weighted by Gasteiger charge is 2.36. The lowest BCUT2D eigenvalue weighted by molar-refractivity contribution is 0.0912. The molecule has 0 saturated carbocycles. The Balaban J connectivity index is 1.69. The summed E-state index contributed by atoms with van der Waals surface area (Å²) < 4.78 is 0.769. The SMILES string of the molecule is O=C(NC1CCN2CCCCC12)c1ccc(Br)cc1O. The van der Waals surface area contributed by atoms with Crippen molar-refractivity contribution in [3.05, 3.63) is 28.2 Å². The van der Waals surface area contributed by atoms with Gasteiger partial charge in [0.05, 0.1) is 5.56 Å². The zero-order valence-electron chi connectivity index (χ0n) is 11.3. The molecule has 1 amide bonds. The van der Waals surface area contributed by atoms with Crippen LogP contribution in [0.25, 0.3) is 0 Å². The van der Waals surface area contributed by atoms with Gasteiger partial charge in [-0.2, -0.15) is 0 Å². The molecule has 20 heavy (non-hydrogen) atoms. The Hall–Kier alpha value is -1.07. The summed E-state index contributed by atoms with van der Waals surface area (Å²) in [4.78, 5) is 14.8. The quantitative estimate of drug-likeness (QED) is 0.871. The van der Waals surface area contributed by atoms with Gasteiger partial charge in [0.15, 0.2) is 0 Å². The third-order valence-electron chi connectivity index (χ3n) is 4.38. The second kappa shape index (κ2) is 5.74. The maximum Gasteiger partial charge on any atom is 0.255 e. The molecule has 2 unspecified atom stereocenters. The molecular weight excluding hydrogens is 320 g/mol. The molecule has 5 heteroatoms. The molecule has 108 valence electrons. The number of carbonyl (C=O) groups excluding carboxylic acids is 1. The molecule has 0 aliphatic carbocycles. The van der Waals surface area contributed by atoms with E-state index in [2.05, 4.69) is 26.1 Å². The summed E-state index contributed by atoms with van der Waals surface area (Å²) in [6.45, 7) is 2.22. The van der Waals surface area contributed by atoms with E-state index in [0.29, 0.717) is 11.6 Å². The summed E-state index contributed by atoms with van der Waals surface area (Å²) >= 11 is 3.28. The molecule has 4 nitrogen and oxygen atoms in total. The molecule has 1 aromatic rings. The molecule has 2 aliphatic rings. The van der Waals surface area contributed by atoms with Crippen LogP contribution in [0.4, 0.5) is 0 Å². The van der Waals surface area contributed by atoms with Crippen LogP contribution < -0.4 is 5.32 Å². The molecule has 1 aromatic carbocycles. The van der Waals surface area contributed by atoms with Gasteiger partial charge in [-0.15, -0.1) is 0 Å². The first-order valence-corrected chi connectivity index (χ1v) is 7.98. The number of nitrogens with one attached hydrogen (secondary N) is 1. The third kappa shape index (κ3) is 2.69. The monoisotopic (exact) mass is 338 g/mol. The number of amides is 1. The summed E-state index contributed by atoms with van der Waals surface area (Å²) in [5.41, 5.74) is 0.349. The van der Waals surface area contributed by atoms with Crippen molar-refractivity contribution in [3.63, 3.8) is 0 Å². The predicted molar refractivity (Wildman–Crippen MR) is 80.9 cm³/mol. The standard InChI is InChI=1S/C15H19BrN2O2/c16-10-4-5-11(14(19)9-10)15(20)17-12-6-8-18-7-2-1-3-13(12)18/h4-5,9,12-13,19H,1-3,6-8H2,(H,17,20). The van der Waals surface area contributed by atoms with Crippen molar-refractivity contribution >= 4 is 21.8 Å². The largest absolute Gasteiger partial charge is 0.507 e. The Kier molecular flexibility index (Phi) is 3.98. The van der Waals surface area contributed by atoms with E-state index in [0.717, 1.165) is 30.4 Å². The van der Waals surface area contributed by atoms with Gasteiger partial charge in [0, 0.05) is 23.1 Å². The number of fused-ring (bicyclic) bond motifs is 1. The summed E-state index contributed by atoms with van der Waals surface area (Å²) in [5, 5.41) is 13.0. The van der Waals surface area contributed by atoms with E-state index in [1.165, 1.54) is 12.8 Å². The molecule has 3 rings (SSSR count). The number of nitrogens with zero attached hydrogens (tertiary/aromatic N) is 1. The zero-order chi connectivity index (χ0) is 14.1. The molecule has 2 N–H and O–H groups in total. The maximum atomic E-state index is 12.3. The van der Waals surface area contributed by atoms with Gasteiger partial charge in [-0.3, -0.25) is 9.69 Å². The van der Waals surface area contributed by atoms with Crippen LogP contribution in [0.15, 0.2) is 22.7 Å². The smallest absolute Gasteiger partial charge is 0.255 e. The van der Waals surface area contributed by atoms with E-state index >= 15 is 0 Å². The van der Waals surface area contributed by atoms with E-state index in [-0.39, 0.29) is 17.7 Å². The number of piperidine rings is 1. The molecular formula is C15H19BrN2O2. The Morgan fingerprint density at radius 3 is 2.95 bits per heavy atom. The fourth-order valence-electron chi connectivity index (χ4n) is 3.36. The van der Waals surface area contributed by atoms with Crippen LogP contribution in [-0.2, 0) is 0 Å². The molecule has 2 fully saturated rings. The average molecular weight is 339 g/mol. The van der Waals surface area contributed by atoms with Crippen molar-refractivity contribution in [1.29, 1.82) is 0 Å². The maximum absolute atomic E-state index is 12.3. The number of hydrogen-bond acceptors (Lipinski definition) is 3. The number of halogens is 1. The molecule has 0 radical (unpaired) electrons. The van der Waals surface area contributed by atoms with Gasteiger partial charge in [-0.25, -0.2) is 0 Å². The second-order valence-electron chi connectivity index (χ2n) is 5.63. The summed E-state index contributed by atoms with van der Waals surface area (Å²) in [6, 6.07) is 5.67. The third-order valence-corrected chi connectivity index (χ3v) is 4.87. The Morgan fingerprint density at radius 1 is 1.30 bits per heavy atom. The summed E-state index contributed by atoms with van der Waals surface area (Å²) in [6.07, 6.45) is 4.69. The molecule has 0 aromatic heterocycles. The molecule has 2 heterocycles. The van der Waals surface area contributed by atoms with Crippen LogP contribution in [0.2, 0.25) is 0 Å². The van der Waals surface area contributed by atoms with Gasteiger partial charge in [0.25, 0.3) is 5.91 Å². The number of carbonyl (C=O) groups is 1. The van der Waals surface area contributed by atoms with Crippen molar-refractivity contribution in [2.24, 2.45) is 0 Å². The van der Waals surface area contributed by atoms with E-state index < -0.39 is 0 Å². The molecule has 2 saturated heterocycles. The number of rotatable bonds is 2. The summed E-state index contributed by atoms with van der Waals surface area (Å²) in [7, 11) is 0. The van der Waals surface area contributed by atoms with E-state index in [1.807, 2.05) is 0 Å². The lowest BCUT2D eigenvalue weighted by Crippen LogP contribution is -2.46.